The van der Waals surface area contributed by atoms with Crippen molar-refractivity contribution in [1.29, 1.82) is 0 Å². The zero-order chi connectivity index (χ0) is 13.9. The van der Waals surface area contributed by atoms with Crippen LogP contribution >= 0.6 is 0 Å². The van der Waals surface area contributed by atoms with Crippen LogP contribution in [0.25, 0.3) is 11.0 Å². The van der Waals surface area contributed by atoms with E-state index in [0.29, 0.717) is 5.95 Å². The highest BCUT2D eigenvalue weighted by Gasteiger charge is 2.07. The maximum absolute atomic E-state index is 6.00. The summed E-state index contributed by atoms with van der Waals surface area (Å²) in [4.78, 5) is 4.38. The number of fused-ring (bicyclic) bond motifs is 1. The number of para-hydroxylation sites is 2. The van der Waals surface area contributed by atoms with E-state index in [9.17, 15) is 0 Å². The normalized spacial score (nSPS) is 10.8. The molecule has 0 spiro atoms. The van der Waals surface area contributed by atoms with Gasteiger partial charge in [-0.1, -0.05) is 24.3 Å². The Balaban J connectivity index is 1.84. The molecule has 2 aromatic carbocycles. The van der Waals surface area contributed by atoms with Crippen LogP contribution in [0.4, 0.5) is 5.95 Å². The summed E-state index contributed by atoms with van der Waals surface area (Å²) in [5.74, 6) is 1.44. The summed E-state index contributed by atoms with van der Waals surface area (Å²) in [7, 11) is 1.68. The fourth-order valence-corrected chi connectivity index (χ4v) is 2.40. The van der Waals surface area contributed by atoms with Gasteiger partial charge in [0.1, 0.15) is 5.75 Å². The summed E-state index contributed by atoms with van der Waals surface area (Å²) in [6.45, 7) is 0.805. The van der Waals surface area contributed by atoms with E-state index in [-0.39, 0.29) is 0 Å². The zero-order valence-corrected chi connectivity index (χ0v) is 11.4. The van der Waals surface area contributed by atoms with Crippen LogP contribution in [0.1, 0.15) is 5.56 Å². The maximum atomic E-state index is 6.00. The fraction of sp³-hybridized carbons (Fsp3) is 0.188. The van der Waals surface area contributed by atoms with Gasteiger partial charge in [-0.15, -0.1) is 0 Å². The minimum absolute atomic E-state index is 0.564. The Labute approximate surface area is 117 Å². The van der Waals surface area contributed by atoms with Crippen molar-refractivity contribution >= 4 is 17.0 Å². The Kier molecular flexibility index (Phi) is 3.29. The first kappa shape index (κ1) is 12.5. The van der Waals surface area contributed by atoms with Crippen molar-refractivity contribution in [3.63, 3.8) is 0 Å². The molecule has 3 rings (SSSR count). The molecule has 0 saturated heterocycles. The average Bonchev–Trinajstić information content (AvgIpc) is 2.81. The van der Waals surface area contributed by atoms with E-state index < -0.39 is 0 Å². The molecule has 0 fully saturated rings. The molecule has 20 heavy (non-hydrogen) atoms. The van der Waals surface area contributed by atoms with Crippen LogP contribution in [0, 0.1) is 0 Å². The van der Waals surface area contributed by atoms with Gasteiger partial charge in [0.25, 0.3) is 0 Å². The van der Waals surface area contributed by atoms with Crippen LogP contribution in [0.5, 0.6) is 5.75 Å². The second-order valence-corrected chi connectivity index (χ2v) is 4.71. The molecule has 3 aromatic rings. The predicted octanol–water partition coefficient (Wildman–Crippen LogP) is 2.87. The summed E-state index contributed by atoms with van der Waals surface area (Å²) in [6.07, 6.45) is 0.891. The molecule has 4 heteroatoms. The standard InChI is InChI=1S/C16H17N3O/c1-20-13-6-4-5-12(11-13)9-10-19-15-8-3-2-7-14(15)18-16(19)17/h2-8,11H,9-10H2,1H3,(H2,17,18). The predicted molar refractivity (Wildman–Crippen MR) is 80.8 cm³/mol. The third kappa shape index (κ3) is 2.32. The first-order chi connectivity index (χ1) is 9.78. The zero-order valence-electron chi connectivity index (χ0n) is 11.4. The lowest BCUT2D eigenvalue weighted by molar-refractivity contribution is 0.414. The van der Waals surface area contributed by atoms with E-state index in [1.807, 2.05) is 36.4 Å². The monoisotopic (exact) mass is 267 g/mol. The number of benzene rings is 2. The minimum atomic E-state index is 0.564. The molecular weight excluding hydrogens is 250 g/mol. The number of imidazole rings is 1. The van der Waals surface area contributed by atoms with Crippen LogP contribution in [0.15, 0.2) is 48.5 Å². The van der Waals surface area contributed by atoms with Gasteiger partial charge in [0.2, 0.25) is 5.95 Å². The number of nitrogens with two attached hydrogens (primary N) is 1. The molecule has 0 atom stereocenters. The molecule has 0 saturated carbocycles. The molecule has 2 N–H and O–H groups in total. The van der Waals surface area contributed by atoms with Crippen LogP contribution in [0.3, 0.4) is 0 Å². The Morgan fingerprint density at radius 2 is 2.00 bits per heavy atom. The summed E-state index contributed by atoms with van der Waals surface area (Å²) >= 11 is 0. The van der Waals surface area contributed by atoms with Crippen molar-refractivity contribution in [2.75, 3.05) is 12.8 Å². The molecule has 0 unspecified atom stereocenters. The third-order valence-corrected chi connectivity index (χ3v) is 3.44. The third-order valence-electron chi connectivity index (χ3n) is 3.44. The summed E-state index contributed by atoms with van der Waals surface area (Å²) < 4.78 is 7.29. The van der Waals surface area contributed by atoms with Gasteiger partial charge < -0.3 is 15.0 Å². The van der Waals surface area contributed by atoms with E-state index in [1.165, 1.54) is 5.56 Å². The lowest BCUT2D eigenvalue weighted by Crippen LogP contribution is -2.05. The molecule has 0 aliphatic rings. The van der Waals surface area contributed by atoms with Gasteiger partial charge in [0.15, 0.2) is 0 Å². The highest BCUT2D eigenvalue weighted by atomic mass is 16.5. The Morgan fingerprint density at radius 1 is 1.15 bits per heavy atom. The van der Waals surface area contributed by atoms with Crippen molar-refractivity contribution in [2.24, 2.45) is 0 Å². The lowest BCUT2D eigenvalue weighted by atomic mass is 10.1. The molecule has 0 bridgehead atoms. The number of aromatic nitrogens is 2. The first-order valence-electron chi connectivity index (χ1n) is 6.61. The highest BCUT2D eigenvalue weighted by Crippen LogP contribution is 2.19. The average molecular weight is 267 g/mol. The second-order valence-electron chi connectivity index (χ2n) is 4.71. The molecule has 0 radical (unpaired) electrons. The first-order valence-corrected chi connectivity index (χ1v) is 6.61. The van der Waals surface area contributed by atoms with Crippen molar-refractivity contribution in [3.05, 3.63) is 54.1 Å². The second kappa shape index (κ2) is 5.25. The van der Waals surface area contributed by atoms with Gasteiger partial charge in [0.05, 0.1) is 18.1 Å². The fourth-order valence-electron chi connectivity index (χ4n) is 2.40. The number of rotatable bonds is 4. The van der Waals surface area contributed by atoms with Crippen molar-refractivity contribution in [1.82, 2.24) is 9.55 Å². The topological polar surface area (TPSA) is 53.1 Å². The van der Waals surface area contributed by atoms with E-state index >= 15 is 0 Å². The van der Waals surface area contributed by atoms with Crippen LogP contribution in [0.2, 0.25) is 0 Å². The summed E-state index contributed by atoms with van der Waals surface area (Å²) in [6, 6.07) is 16.1. The number of anilines is 1. The van der Waals surface area contributed by atoms with E-state index in [4.69, 9.17) is 10.5 Å². The minimum Gasteiger partial charge on any atom is -0.497 e. The van der Waals surface area contributed by atoms with Gasteiger partial charge in [-0.3, -0.25) is 0 Å². The van der Waals surface area contributed by atoms with Gasteiger partial charge >= 0.3 is 0 Å². The molecule has 0 aliphatic carbocycles. The number of aryl methyl sites for hydroxylation is 2. The van der Waals surface area contributed by atoms with Gasteiger partial charge in [-0.05, 0) is 36.2 Å². The SMILES string of the molecule is COc1cccc(CCn2c(N)nc3ccccc32)c1. The molecule has 4 nitrogen and oxygen atoms in total. The van der Waals surface area contributed by atoms with E-state index in [1.54, 1.807) is 7.11 Å². The summed E-state index contributed by atoms with van der Waals surface area (Å²) in [5.41, 5.74) is 9.24. The van der Waals surface area contributed by atoms with E-state index in [2.05, 4.69) is 21.7 Å². The van der Waals surface area contributed by atoms with E-state index in [0.717, 1.165) is 29.7 Å². The van der Waals surface area contributed by atoms with Gasteiger partial charge in [0, 0.05) is 6.54 Å². The Hall–Kier alpha value is -2.49. The number of hydrogen-bond acceptors (Lipinski definition) is 3. The van der Waals surface area contributed by atoms with Gasteiger partial charge in [-0.2, -0.15) is 0 Å². The highest BCUT2D eigenvalue weighted by molar-refractivity contribution is 5.78. The molecule has 102 valence electrons. The number of methoxy groups -OCH3 is 1. The van der Waals surface area contributed by atoms with Crippen LogP contribution in [-0.4, -0.2) is 16.7 Å². The molecule has 1 aromatic heterocycles. The Morgan fingerprint density at radius 3 is 2.85 bits per heavy atom. The van der Waals surface area contributed by atoms with Crippen molar-refractivity contribution < 1.29 is 4.74 Å². The number of ether oxygens (including phenoxy) is 1. The van der Waals surface area contributed by atoms with Gasteiger partial charge in [-0.25, -0.2) is 4.98 Å². The number of nitrogen functional groups attached to an aromatic ring is 1. The lowest BCUT2D eigenvalue weighted by Gasteiger charge is -2.08. The quantitative estimate of drug-likeness (QED) is 0.790. The molecule has 0 amide bonds. The summed E-state index contributed by atoms with van der Waals surface area (Å²) in [5, 5.41) is 0. The molecule has 0 aliphatic heterocycles. The number of nitrogens with zero attached hydrogens (tertiary/aromatic N) is 2. The largest absolute Gasteiger partial charge is 0.497 e. The van der Waals surface area contributed by atoms with Crippen molar-refractivity contribution in [3.8, 4) is 5.75 Å². The smallest absolute Gasteiger partial charge is 0.201 e. The van der Waals surface area contributed by atoms with Crippen LogP contribution in [-0.2, 0) is 13.0 Å². The van der Waals surface area contributed by atoms with Crippen molar-refractivity contribution in [2.45, 2.75) is 13.0 Å². The molecule has 1 heterocycles. The molecular formula is C16H17N3O. The maximum Gasteiger partial charge on any atom is 0.201 e. The Bertz CT molecular complexity index is 733. The van der Waals surface area contributed by atoms with Crippen LogP contribution < -0.4 is 10.5 Å². The number of hydrogen-bond donors (Lipinski definition) is 1.